The van der Waals surface area contributed by atoms with E-state index < -0.39 is 0 Å². The van der Waals surface area contributed by atoms with E-state index in [0.29, 0.717) is 11.8 Å². The Morgan fingerprint density at radius 3 is 2.28 bits per heavy atom. The molecule has 2 atom stereocenters. The first-order chi connectivity index (χ1) is 8.75. The van der Waals surface area contributed by atoms with E-state index in [1.807, 2.05) is 19.9 Å². The second-order valence-corrected chi connectivity index (χ2v) is 4.10. The Labute approximate surface area is 111 Å². The van der Waals surface area contributed by atoms with Crippen molar-refractivity contribution in [1.29, 1.82) is 0 Å². The molecule has 1 aliphatic carbocycles. The normalized spacial score (nSPS) is 21.0. The van der Waals surface area contributed by atoms with Gasteiger partial charge in [0.05, 0.1) is 0 Å². The molecule has 0 spiro atoms. The first-order valence-corrected chi connectivity index (χ1v) is 6.53. The van der Waals surface area contributed by atoms with Crippen LogP contribution in [0.4, 0.5) is 4.39 Å². The molecule has 2 rings (SSSR count). The Kier molecular flexibility index (Phi) is 8.66. The van der Waals surface area contributed by atoms with Gasteiger partial charge in [0.25, 0.3) is 0 Å². The summed E-state index contributed by atoms with van der Waals surface area (Å²) in [6, 6.07) is 6.94. The first kappa shape index (κ1) is 16.4. The number of benzene rings is 1. The van der Waals surface area contributed by atoms with E-state index in [1.54, 1.807) is 12.1 Å². The van der Waals surface area contributed by atoms with Gasteiger partial charge in [-0.05, 0) is 36.5 Å². The lowest BCUT2D eigenvalue weighted by molar-refractivity contribution is 0.542. The molecule has 1 aromatic carbocycles. The van der Waals surface area contributed by atoms with E-state index in [-0.39, 0.29) is 5.82 Å². The van der Waals surface area contributed by atoms with Gasteiger partial charge in [0.15, 0.2) is 0 Å². The van der Waals surface area contributed by atoms with E-state index in [0.717, 1.165) is 12.0 Å². The lowest BCUT2D eigenvalue weighted by Crippen LogP contribution is -2.04. The summed E-state index contributed by atoms with van der Waals surface area (Å²) in [6.45, 7) is 6.22. The third kappa shape index (κ3) is 5.19. The number of terminal acetylenes is 1. The molecule has 0 heterocycles. The maximum atomic E-state index is 13.0. The standard InChI is InChI=1S/C13H15F.C2H6.C2H2/c1-10-5-7-11(8-6-10)12-3-2-4-13(14)9-12;2*1-2/h2-5,7,9-11H,6,8H2,1H3;1-2H3;1-2H/t10-,11+;;/m0../s1. The molecule has 1 heteroatoms. The smallest absolute Gasteiger partial charge is 0.123 e. The van der Waals surface area contributed by atoms with E-state index in [1.165, 1.54) is 12.5 Å². The summed E-state index contributed by atoms with van der Waals surface area (Å²) in [4.78, 5) is 0. The van der Waals surface area contributed by atoms with Gasteiger partial charge in [-0.25, -0.2) is 4.39 Å². The average Bonchev–Trinajstić information content (AvgIpc) is 2.44. The monoisotopic (exact) mass is 246 g/mol. The van der Waals surface area contributed by atoms with Crippen LogP contribution in [0, 0.1) is 24.6 Å². The molecule has 0 amide bonds. The van der Waals surface area contributed by atoms with Gasteiger partial charge < -0.3 is 0 Å². The van der Waals surface area contributed by atoms with E-state index >= 15 is 0 Å². The minimum absolute atomic E-state index is 0.130. The van der Waals surface area contributed by atoms with Crippen LogP contribution in [0.5, 0.6) is 0 Å². The highest BCUT2D eigenvalue weighted by molar-refractivity contribution is 5.25. The topological polar surface area (TPSA) is 0 Å². The summed E-state index contributed by atoms with van der Waals surface area (Å²) in [7, 11) is 0. The molecule has 0 bridgehead atoms. The van der Waals surface area contributed by atoms with Crippen molar-refractivity contribution in [2.24, 2.45) is 5.92 Å². The van der Waals surface area contributed by atoms with Crippen LogP contribution in [0.25, 0.3) is 0 Å². The molecule has 1 aliphatic rings. The zero-order chi connectivity index (χ0) is 14.0. The van der Waals surface area contributed by atoms with Crippen LogP contribution in [0.15, 0.2) is 36.4 Å². The summed E-state index contributed by atoms with van der Waals surface area (Å²) in [5.74, 6) is 0.969. The Bertz CT molecular complexity index is 376. The molecule has 98 valence electrons. The van der Waals surface area contributed by atoms with Crippen LogP contribution < -0.4 is 0 Å². The van der Waals surface area contributed by atoms with Crippen molar-refractivity contribution in [2.45, 2.75) is 39.5 Å². The molecule has 0 aromatic heterocycles. The number of allylic oxidation sites excluding steroid dienone is 2. The molecular formula is C17H23F. The van der Waals surface area contributed by atoms with Crippen molar-refractivity contribution in [2.75, 3.05) is 0 Å². The predicted octanol–water partition coefficient (Wildman–Crippen LogP) is 5.17. The highest BCUT2D eigenvalue weighted by Crippen LogP contribution is 2.30. The molecule has 0 radical (unpaired) electrons. The van der Waals surface area contributed by atoms with E-state index in [4.69, 9.17) is 0 Å². The Morgan fingerprint density at radius 1 is 1.11 bits per heavy atom. The predicted molar refractivity (Wildman–Crippen MR) is 77.9 cm³/mol. The fourth-order valence-electron chi connectivity index (χ4n) is 1.97. The van der Waals surface area contributed by atoms with Crippen molar-refractivity contribution >= 4 is 0 Å². The molecule has 0 N–H and O–H groups in total. The van der Waals surface area contributed by atoms with Gasteiger partial charge in [-0.1, -0.05) is 45.1 Å². The Balaban J connectivity index is 0.000000659. The van der Waals surface area contributed by atoms with E-state index in [2.05, 4.69) is 31.9 Å². The Hall–Kier alpha value is -1.55. The lowest BCUT2D eigenvalue weighted by atomic mass is 9.85. The molecule has 0 nitrogen and oxygen atoms in total. The van der Waals surface area contributed by atoms with Crippen molar-refractivity contribution in [1.82, 2.24) is 0 Å². The molecule has 18 heavy (non-hydrogen) atoms. The summed E-state index contributed by atoms with van der Waals surface area (Å²) >= 11 is 0. The molecule has 0 saturated carbocycles. The average molecular weight is 246 g/mol. The summed E-state index contributed by atoms with van der Waals surface area (Å²) < 4.78 is 13.0. The van der Waals surface area contributed by atoms with Crippen LogP contribution >= 0.6 is 0 Å². The zero-order valence-electron chi connectivity index (χ0n) is 11.6. The van der Waals surface area contributed by atoms with Crippen molar-refractivity contribution in [3.8, 4) is 12.8 Å². The summed E-state index contributed by atoms with van der Waals surface area (Å²) in [5.41, 5.74) is 1.10. The minimum atomic E-state index is -0.130. The molecule has 0 unspecified atom stereocenters. The molecule has 0 saturated heterocycles. The second kappa shape index (κ2) is 9.48. The summed E-state index contributed by atoms with van der Waals surface area (Å²) in [6.07, 6.45) is 14.8. The lowest BCUT2D eigenvalue weighted by Gasteiger charge is -2.20. The van der Waals surface area contributed by atoms with Crippen LogP contribution in [0.1, 0.15) is 45.1 Å². The number of rotatable bonds is 1. The Morgan fingerprint density at radius 2 is 1.78 bits per heavy atom. The van der Waals surface area contributed by atoms with Gasteiger partial charge >= 0.3 is 0 Å². The molecule has 0 aliphatic heterocycles. The fourth-order valence-corrected chi connectivity index (χ4v) is 1.97. The van der Waals surface area contributed by atoms with Crippen LogP contribution in [0.3, 0.4) is 0 Å². The maximum Gasteiger partial charge on any atom is 0.123 e. The van der Waals surface area contributed by atoms with Gasteiger partial charge in [0.2, 0.25) is 0 Å². The molecule has 0 fully saturated rings. The molecular weight excluding hydrogens is 223 g/mol. The first-order valence-electron chi connectivity index (χ1n) is 6.53. The van der Waals surface area contributed by atoms with Gasteiger partial charge in [-0.3, -0.25) is 0 Å². The van der Waals surface area contributed by atoms with Crippen LogP contribution in [0.2, 0.25) is 0 Å². The van der Waals surface area contributed by atoms with Gasteiger partial charge in [0.1, 0.15) is 5.82 Å². The van der Waals surface area contributed by atoms with Gasteiger partial charge in [0, 0.05) is 5.92 Å². The third-order valence-corrected chi connectivity index (χ3v) is 2.88. The number of hydrogen-bond donors (Lipinski definition) is 0. The number of halogens is 1. The van der Waals surface area contributed by atoms with Crippen molar-refractivity contribution in [3.63, 3.8) is 0 Å². The van der Waals surface area contributed by atoms with Crippen molar-refractivity contribution in [3.05, 3.63) is 47.8 Å². The largest absolute Gasteiger partial charge is 0.207 e. The minimum Gasteiger partial charge on any atom is -0.207 e. The van der Waals surface area contributed by atoms with Crippen molar-refractivity contribution < 1.29 is 4.39 Å². The quantitative estimate of drug-likeness (QED) is 0.473. The zero-order valence-corrected chi connectivity index (χ0v) is 11.6. The van der Waals surface area contributed by atoms with E-state index in [9.17, 15) is 4.39 Å². The van der Waals surface area contributed by atoms with Crippen LogP contribution in [-0.2, 0) is 0 Å². The maximum absolute atomic E-state index is 13.0. The highest BCUT2D eigenvalue weighted by atomic mass is 19.1. The summed E-state index contributed by atoms with van der Waals surface area (Å²) in [5, 5.41) is 0. The second-order valence-electron chi connectivity index (χ2n) is 4.10. The van der Waals surface area contributed by atoms with Gasteiger partial charge in [-0.15, -0.1) is 12.8 Å². The van der Waals surface area contributed by atoms with Crippen LogP contribution in [-0.4, -0.2) is 0 Å². The SMILES string of the molecule is C#C.CC.C[C@H]1C=C[C@@H](c2cccc(F)c2)CC1. The fraction of sp³-hybridized carbons (Fsp3) is 0.412. The van der Waals surface area contributed by atoms with Gasteiger partial charge in [-0.2, -0.15) is 0 Å². The highest BCUT2D eigenvalue weighted by Gasteiger charge is 2.14. The third-order valence-electron chi connectivity index (χ3n) is 2.88. The number of hydrogen-bond acceptors (Lipinski definition) is 0. The molecule has 1 aromatic rings.